The number of aromatic amines is 1. The second-order valence-corrected chi connectivity index (χ2v) is 3.57. The maximum Gasteiger partial charge on any atom is 0.277 e. The molecule has 1 aromatic carbocycles. The zero-order valence-electron chi connectivity index (χ0n) is 9.38. The second-order valence-electron chi connectivity index (χ2n) is 3.57. The molecular formula is C10H9N5O3. The highest BCUT2D eigenvalue weighted by Crippen LogP contribution is 2.21. The molecular weight excluding hydrogens is 238 g/mol. The third-order valence-electron chi connectivity index (χ3n) is 2.32. The molecule has 1 heterocycles. The van der Waals surface area contributed by atoms with Gasteiger partial charge in [0, 0.05) is 17.8 Å². The Kier molecular flexibility index (Phi) is 3.00. The maximum atomic E-state index is 11.7. The van der Waals surface area contributed by atoms with Crippen molar-refractivity contribution in [2.24, 2.45) is 0 Å². The molecule has 2 aromatic rings. The number of carbonyl (C=O) groups excluding carboxylic acids is 1. The lowest BCUT2D eigenvalue weighted by Gasteiger charge is -2.06. The van der Waals surface area contributed by atoms with E-state index >= 15 is 0 Å². The number of aryl methyl sites for hydroxylation is 1. The molecule has 18 heavy (non-hydrogen) atoms. The summed E-state index contributed by atoms with van der Waals surface area (Å²) in [7, 11) is 0. The first-order valence-corrected chi connectivity index (χ1v) is 5.00. The number of amides is 1. The zero-order valence-corrected chi connectivity index (χ0v) is 9.38. The van der Waals surface area contributed by atoms with Gasteiger partial charge in [0.2, 0.25) is 0 Å². The predicted octanol–water partition coefficient (Wildman–Crippen LogP) is 1.27. The molecule has 0 aliphatic heterocycles. The van der Waals surface area contributed by atoms with Gasteiger partial charge in [0.05, 0.1) is 11.1 Å². The molecule has 2 rings (SSSR count). The Labute approximate surface area is 101 Å². The Morgan fingerprint density at radius 2 is 2.28 bits per heavy atom. The van der Waals surface area contributed by atoms with Crippen molar-refractivity contribution in [3.05, 3.63) is 45.8 Å². The van der Waals surface area contributed by atoms with Crippen molar-refractivity contribution in [2.45, 2.75) is 6.92 Å². The van der Waals surface area contributed by atoms with Crippen molar-refractivity contribution in [1.29, 1.82) is 0 Å². The molecule has 0 aliphatic rings. The molecule has 1 aromatic heterocycles. The highest BCUT2D eigenvalue weighted by Gasteiger charge is 2.12. The van der Waals surface area contributed by atoms with Gasteiger partial charge in [-0.2, -0.15) is 15.4 Å². The van der Waals surface area contributed by atoms with E-state index in [1.807, 2.05) is 0 Å². The minimum atomic E-state index is -0.490. The van der Waals surface area contributed by atoms with E-state index in [-0.39, 0.29) is 11.4 Å². The van der Waals surface area contributed by atoms with Gasteiger partial charge >= 0.3 is 0 Å². The molecule has 8 heteroatoms. The highest BCUT2D eigenvalue weighted by molar-refractivity contribution is 6.03. The number of nitrogens with one attached hydrogen (secondary N) is 2. The topological polar surface area (TPSA) is 114 Å². The molecule has 92 valence electrons. The molecule has 2 N–H and O–H groups in total. The minimum Gasteiger partial charge on any atom is -0.320 e. The van der Waals surface area contributed by atoms with Crippen LogP contribution < -0.4 is 5.32 Å². The number of aromatic nitrogens is 3. The van der Waals surface area contributed by atoms with Crippen LogP contribution in [0.3, 0.4) is 0 Å². The van der Waals surface area contributed by atoms with Crippen LogP contribution in [0.15, 0.2) is 24.4 Å². The van der Waals surface area contributed by atoms with E-state index < -0.39 is 10.8 Å². The molecule has 0 fully saturated rings. The molecule has 0 atom stereocenters. The number of anilines is 1. The van der Waals surface area contributed by atoms with Crippen LogP contribution in [0.1, 0.15) is 16.1 Å². The maximum absolute atomic E-state index is 11.7. The first-order valence-electron chi connectivity index (χ1n) is 5.00. The molecule has 0 aliphatic carbocycles. The first kappa shape index (κ1) is 11.7. The quantitative estimate of drug-likeness (QED) is 0.626. The Hall–Kier alpha value is -2.77. The fourth-order valence-electron chi connectivity index (χ4n) is 1.40. The molecule has 0 saturated carbocycles. The van der Waals surface area contributed by atoms with E-state index in [0.717, 1.165) is 0 Å². The third kappa shape index (κ3) is 2.32. The number of nitro benzene ring substituents is 1. The molecule has 0 radical (unpaired) electrons. The summed E-state index contributed by atoms with van der Waals surface area (Å²) >= 11 is 0. The Balaban J connectivity index is 2.20. The lowest BCUT2D eigenvalue weighted by atomic mass is 10.2. The van der Waals surface area contributed by atoms with E-state index in [4.69, 9.17) is 0 Å². The fraction of sp³-hybridized carbons (Fsp3) is 0.100. The zero-order chi connectivity index (χ0) is 13.1. The molecule has 0 spiro atoms. The lowest BCUT2D eigenvalue weighted by Crippen LogP contribution is -2.13. The van der Waals surface area contributed by atoms with Crippen LogP contribution in [0.4, 0.5) is 11.4 Å². The van der Waals surface area contributed by atoms with Crippen molar-refractivity contribution in [2.75, 3.05) is 5.32 Å². The van der Waals surface area contributed by atoms with Gasteiger partial charge in [0.1, 0.15) is 0 Å². The van der Waals surface area contributed by atoms with Crippen LogP contribution in [-0.2, 0) is 0 Å². The highest BCUT2D eigenvalue weighted by atomic mass is 16.6. The Bertz CT molecular complexity index is 594. The van der Waals surface area contributed by atoms with E-state index in [1.165, 1.54) is 24.4 Å². The van der Waals surface area contributed by atoms with Crippen LogP contribution in [0.25, 0.3) is 0 Å². The average Bonchev–Trinajstić information content (AvgIpc) is 2.85. The largest absolute Gasteiger partial charge is 0.320 e. The van der Waals surface area contributed by atoms with Crippen molar-refractivity contribution in [3.8, 4) is 0 Å². The number of hydrogen-bond donors (Lipinski definition) is 2. The number of carbonyl (C=O) groups is 1. The summed E-state index contributed by atoms with van der Waals surface area (Å²) in [6.45, 7) is 1.67. The van der Waals surface area contributed by atoms with E-state index in [9.17, 15) is 14.9 Å². The van der Waals surface area contributed by atoms with Gasteiger partial charge in [-0.25, -0.2) is 0 Å². The van der Waals surface area contributed by atoms with Gasteiger partial charge in [-0.15, -0.1) is 0 Å². The van der Waals surface area contributed by atoms with Gasteiger partial charge < -0.3 is 5.32 Å². The van der Waals surface area contributed by atoms with E-state index in [0.29, 0.717) is 11.3 Å². The van der Waals surface area contributed by atoms with Gasteiger partial charge in [0.25, 0.3) is 11.6 Å². The molecule has 1 amide bonds. The van der Waals surface area contributed by atoms with Gasteiger partial charge in [-0.3, -0.25) is 14.9 Å². The predicted molar refractivity (Wildman–Crippen MR) is 62.2 cm³/mol. The summed E-state index contributed by atoms with van der Waals surface area (Å²) in [6.07, 6.45) is 1.29. The van der Waals surface area contributed by atoms with Crippen molar-refractivity contribution in [1.82, 2.24) is 15.4 Å². The van der Waals surface area contributed by atoms with Crippen molar-refractivity contribution < 1.29 is 9.72 Å². The third-order valence-corrected chi connectivity index (χ3v) is 2.32. The van der Waals surface area contributed by atoms with E-state index in [2.05, 4.69) is 20.7 Å². The smallest absolute Gasteiger partial charge is 0.277 e. The fourth-order valence-corrected chi connectivity index (χ4v) is 1.40. The number of non-ortho nitro benzene ring substituents is 1. The molecule has 8 nitrogen and oxygen atoms in total. The van der Waals surface area contributed by atoms with Gasteiger partial charge in [0.15, 0.2) is 5.69 Å². The summed E-state index contributed by atoms with van der Waals surface area (Å²) in [4.78, 5) is 21.8. The average molecular weight is 247 g/mol. The van der Waals surface area contributed by atoms with Crippen LogP contribution in [0.2, 0.25) is 0 Å². The first-order chi connectivity index (χ1) is 8.58. The number of nitrogens with zero attached hydrogens (tertiary/aromatic N) is 3. The van der Waals surface area contributed by atoms with Crippen molar-refractivity contribution >= 4 is 17.3 Å². The number of benzene rings is 1. The van der Waals surface area contributed by atoms with Crippen LogP contribution in [0.5, 0.6) is 0 Å². The molecule has 0 unspecified atom stereocenters. The van der Waals surface area contributed by atoms with Gasteiger partial charge in [-0.05, 0) is 18.6 Å². The molecule has 0 bridgehead atoms. The lowest BCUT2D eigenvalue weighted by molar-refractivity contribution is -0.384. The summed E-state index contributed by atoms with van der Waals surface area (Å²) < 4.78 is 0. The summed E-state index contributed by atoms with van der Waals surface area (Å²) in [5.41, 5.74) is 1.22. The van der Waals surface area contributed by atoms with E-state index in [1.54, 1.807) is 6.92 Å². The number of hydrogen-bond acceptors (Lipinski definition) is 5. The number of nitro groups is 1. The number of H-pyrrole nitrogens is 1. The SMILES string of the molecule is Cc1cc([N+](=O)[O-])ccc1NC(=O)c1cn[nH]n1. The Morgan fingerprint density at radius 3 is 2.83 bits per heavy atom. The standard InChI is InChI=1S/C10H9N5O3/c1-6-4-7(15(17)18)2-3-8(6)12-10(16)9-5-11-14-13-9/h2-5H,1H3,(H,12,16)(H,11,13,14). The van der Waals surface area contributed by atoms with Gasteiger partial charge in [-0.1, -0.05) is 0 Å². The van der Waals surface area contributed by atoms with Crippen LogP contribution in [-0.4, -0.2) is 26.2 Å². The minimum absolute atomic E-state index is 0.0214. The normalized spacial score (nSPS) is 10.1. The summed E-state index contributed by atoms with van der Waals surface area (Å²) in [6, 6.07) is 4.19. The van der Waals surface area contributed by atoms with Crippen LogP contribution in [0, 0.1) is 17.0 Å². The van der Waals surface area contributed by atoms with Crippen molar-refractivity contribution in [3.63, 3.8) is 0 Å². The number of rotatable bonds is 3. The van der Waals surface area contributed by atoms with Crippen LogP contribution >= 0.6 is 0 Å². The Morgan fingerprint density at radius 1 is 1.50 bits per heavy atom. The second kappa shape index (κ2) is 4.62. The summed E-state index contributed by atoms with van der Waals surface area (Å²) in [5, 5.41) is 22.6. The summed E-state index contributed by atoms with van der Waals surface area (Å²) in [5.74, 6) is -0.430. The monoisotopic (exact) mass is 247 g/mol. The molecule has 0 saturated heterocycles.